The van der Waals surface area contributed by atoms with E-state index < -0.39 is 0 Å². The van der Waals surface area contributed by atoms with E-state index in [1.807, 2.05) is 17.2 Å². The van der Waals surface area contributed by atoms with Crippen LogP contribution in [-0.2, 0) is 11.2 Å². The summed E-state index contributed by atoms with van der Waals surface area (Å²) in [7, 11) is 0. The molecule has 0 aromatic carbocycles. The number of nitrogens with zero attached hydrogens (tertiary/aromatic N) is 2. The van der Waals surface area contributed by atoms with Gasteiger partial charge in [-0.05, 0) is 6.92 Å². The average molecular weight is 254 g/mol. The number of nitrogens with two attached hydrogens (primary N) is 1. The predicted octanol–water partition coefficient (Wildman–Crippen LogP) is 0.137. The van der Waals surface area contributed by atoms with Crippen LogP contribution in [0.2, 0.25) is 0 Å². The second-order valence-corrected chi connectivity index (χ2v) is 5.16. The smallest absolute Gasteiger partial charge is 0.228 e. The Morgan fingerprint density at radius 1 is 1.65 bits per heavy atom. The second-order valence-electron chi connectivity index (χ2n) is 4.27. The zero-order valence-corrected chi connectivity index (χ0v) is 10.8. The molecule has 3 N–H and O–H groups in total. The van der Waals surface area contributed by atoms with Gasteiger partial charge in [-0.1, -0.05) is 0 Å². The van der Waals surface area contributed by atoms with E-state index >= 15 is 0 Å². The summed E-state index contributed by atoms with van der Waals surface area (Å²) in [4.78, 5) is 18.2. The zero-order valence-electron chi connectivity index (χ0n) is 9.98. The molecular weight excluding hydrogens is 236 g/mol. The van der Waals surface area contributed by atoms with Crippen molar-refractivity contribution < 1.29 is 4.79 Å². The minimum Gasteiger partial charge on any atom is -0.340 e. The molecule has 1 atom stereocenters. The van der Waals surface area contributed by atoms with Crippen LogP contribution in [0.3, 0.4) is 0 Å². The number of rotatable bonds is 3. The largest absolute Gasteiger partial charge is 0.340 e. The fourth-order valence-electron chi connectivity index (χ4n) is 1.79. The molecule has 1 aliphatic heterocycles. The summed E-state index contributed by atoms with van der Waals surface area (Å²) in [5.74, 6) is 0.160. The lowest BCUT2D eigenvalue weighted by Gasteiger charge is -2.27. The Kier molecular flexibility index (Phi) is 4.09. The van der Waals surface area contributed by atoms with Crippen molar-refractivity contribution in [3.05, 3.63) is 16.1 Å². The maximum absolute atomic E-state index is 12.0. The van der Waals surface area contributed by atoms with Gasteiger partial charge in [0.2, 0.25) is 5.91 Å². The molecule has 1 saturated heterocycles. The van der Waals surface area contributed by atoms with E-state index in [1.165, 1.54) is 11.3 Å². The lowest BCUT2D eigenvalue weighted by Crippen LogP contribution is -2.46. The second kappa shape index (κ2) is 5.57. The highest BCUT2D eigenvalue weighted by molar-refractivity contribution is 7.09. The first-order valence-electron chi connectivity index (χ1n) is 5.85. The third-order valence-corrected chi connectivity index (χ3v) is 3.86. The zero-order chi connectivity index (χ0) is 12.3. The SMILES string of the molecule is CC(N)c1nc(CC(=O)N2CCNCC2)cs1. The molecule has 0 radical (unpaired) electrons. The van der Waals surface area contributed by atoms with Crippen molar-refractivity contribution in [3.8, 4) is 0 Å². The van der Waals surface area contributed by atoms with Gasteiger partial charge in [0, 0.05) is 31.6 Å². The number of piperazine rings is 1. The molecule has 1 aromatic heterocycles. The van der Waals surface area contributed by atoms with Gasteiger partial charge >= 0.3 is 0 Å². The van der Waals surface area contributed by atoms with Crippen LogP contribution in [0.15, 0.2) is 5.38 Å². The number of hydrogen-bond acceptors (Lipinski definition) is 5. The molecule has 6 heteroatoms. The van der Waals surface area contributed by atoms with Crippen LogP contribution in [0.25, 0.3) is 0 Å². The molecule has 2 heterocycles. The molecule has 0 bridgehead atoms. The van der Waals surface area contributed by atoms with Gasteiger partial charge in [0.25, 0.3) is 0 Å². The molecule has 1 unspecified atom stereocenters. The molecule has 1 fully saturated rings. The van der Waals surface area contributed by atoms with E-state index in [1.54, 1.807) is 0 Å². The first-order valence-corrected chi connectivity index (χ1v) is 6.73. The highest BCUT2D eigenvalue weighted by Gasteiger charge is 2.17. The minimum atomic E-state index is -0.0527. The summed E-state index contributed by atoms with van der Waals surface area (Å²) in [6, 6.07) is -0.0527. The maximum Gasteiger partial charge on any atom is 0.228 e. The summed E-state index contributed by atoms with van der Waals surface area (Å²) < 4.78 is 0. The monoisotopic (exact) mass is 254 g/mol. The Morgan fingerprint density at radius 3 is 2.94 bits per heavy atom. The van der Waals surface area contributed by atoms with Gasteiger partial charge < -0.3 is 16.0 Å². The fourth-order valence-corrected chi connectivity index (χ4v) is 2.57. The predicted molar refractivity (Wildman–Crippen MR) is 67.9 cm³/mol. The summed E-state index contributed by atoms with van der Waals surface area (Å²) in [5, 5.41) is 6.05. The van der Waals surface area contributed by atoms with Crippen molar-refractivity contribution in [3.63, 3.8) is 0 Å². The van der Waals surface area contributed by atoms with Crippen molar-refractivity contribution in [1.29, 1.82) is 0 Å². The molecule has 1 aromatic rings. The van der Waals surface area contributed by atoms with Gasteiger partial charge in [-0.3, -0.25) is 4.79 Å². The first kappa shape index (κ1) is 12.5. The Labute approximate surface area is 105 Å². The van der Waals surface area contributed by atoms with Crippen molar-refractivity contribution in [2.24, 2.45) is 5.73 Å². The molecule has 0 aliphatic carbocycles. The third-order valence-electron chi connectivity index (χ3n) is 2.76. The Morgan fingerprint density at radius 2 is 2.35 bits per heavy atom. The van der Waals surface area contributed by atoms with E-state index in [9.17, 15) is 4.79 Å². The van der Waals surface area contributed by atoms with Crippen LogP contribution in [-0.4, -0.2) is 42.0 Å². The van der Waals surface area contributed by atoms with Gasteiger partial charge in [0.1, 0.15) is 5.01 Å². The van der Waals surface area contributed by atoms with E-state index in [0.717, 1.165) is 36.9 Å². The summed E-state index contributed by atoms with van der Waals surface area (Å²) in [6.45, 7) is 5.26. The van der Waals surface area contributed by atoms with Crippen molar-refractivity contribution >= 4 is 17.2 Å². The summed E-state index contributed by atoms with van der Waals surface area (Å²) >= 11 is 1.53. The number of hydrogen-bond donors (Lipinski definition) is 2. The van der Waals surface area contributed by atoms with Gasteiger partial charge in [0.15, 0.2) is 0 Å². The minimum absolute atomic E-state index is 0.0527. The van der Waals surface area contributed by atoms with E-state index in [2.05, 4.69) is 10.3 Å². The van der Waals surface area contributed by atoms with Crippen LogP contribution < -0.4 is 11.1 Å². The Hall–Kier alpha value is -0.980. The quantitative estimate of drug-likeness (QED) is 0.805. The summed E-state index contributed by atoms with van der Waals surface area (Å²) in [6.07, 6.45) is 0.392. The normalized spacial score (nSPS) is 18.1. The third kappa shape index (κ3) is 3.24. The van der Waals surface area contributed by atoms with E-state index in [0.29, 0.717) is 6.42 Å². The molecule has 0 saturated carbocycles. The lowest BCUT2D eigenvalue weighted by atomic mass is 10.2. The van der Waals surface area contributed by atoms with Crippen LogP contribution in [0, 0.1) is 0 Å². The highest BCUT2D eigenvalue weighted by Crippen LogP contribution is 2.16. The Bertz CT molecular complexity index is 385. The number of thiazole rings is 1. The molecule has 2 rings (SSSR count). The van der Waals surface area contributed by atoms with Crippen LogP contribution in [0.5, 0.6) is 0 Å². The van der Waals surface area contributed by atoms with Gasteiger partial charge in [-0.2, -0.15) is 0 Å². The molecule has 17 heavy (non-hydrogen) atoms. The average Bonchev–Trinajstić information content (AvgIpc) is 2.79. The van der Waals surface area contributed by atoms with Crippen molar-refractivity contribution in [1.82, 2.24) is 15.2 Å². The molecule has 1 aliphatic rings. The number of carbonyl (C=O) groups is 1. The lowest BCUT2D eigenvalue weighted by molar-refractivity contribution is -0.131. The van der Waals surface area contributed by atoms with Crippen LogP contribution >= 0.6 is 11.3 Å². The van der Waals surface area contributed by atoms with E-state index in [-0.39, 0.29) is 11.9 Å². The van der Waals surface area contributed by atoms with Crippen LogP contribution in [0.4, 0.5) is 0 Å². The Balaban J connectivity index is 1.92. The molecule has 5 nitrogen and oxygen atoms in total. The molecule has 1 amide bonds. The van der Waals surface area contributed by atoms with Gasteiger partial charge in [-0.15, -0.1) is 11.3 Å². The first-order chi connectivity index (χ1) is 8.16. The van der Waals surface area contributed by atoms with Gasteiger partial charge in [0.05, 0.1) is 18.2 Å². The fraction of sp³-hybridized carbons (Fsp3) is 0.636. The standard InChI is InChI=1S/C11H18N4OS/c1-8(12)11-14-9(7-17-11)6-10(16)15-4-2-13-3-5-15/h7-8,13H,2-6,12H2,1H3. The number of amides is 1. The molecule has 94 valence electrons. The highest BCUT2D eigenvalue weighted by atomic mass is 32.1. The maximum atomic E-state index is 12.0. The summed E-state index contributed by atoms with van der Waals surface area (Å²) in [5.41, 5.74) is 6.58. The number of carbonyl (C=O) groups excluding carboxylic acids is 1. The van der Waals surface area contributed by atoms with Crippen LogP contribution in [0.1, 0.15) is 23.7 Å². The number of aromatic nitrogens is 1. The molecule has 0 spiro atoms. The van der Waals surface area contributed by atoms with E-state index in [4.69, 9.17) is 5.73 Å². The van der Waals surface area contributed by atoms with Crippen molar-refractivity contribution in [2.75, 3.05) is 26.2 Å². The van der Waals surface area contributed by atoms with Gasteiger partial charge in [-0.25, -0.2) is 4.98 Å². The molecular formula is C11H18N4OS. The topological polar surface area (TPSA) is 71.2 Å². The number of nitrogens with one attached hydrogen (secondary N) is 1. The van der Waals surface area contributed by atoms with Crippen molar-refractivity contribution in [2.45, 2.75) is 19.4 Å².